The highest BCUT2D eigenvalue weighted by molar-refractivity contribution is 6.10. The van der Waals surface area contributed by atoms with Crippen LogP contribution in [0.2, 0.25) is 0 Å². The predicted molar refractivity (Wildman–Crippen MR) is 109 cm³/mol. The van der Waals surface area contributed by atoms with Gasteiger partial charge in [-0.15, -0.1) is 0 Å². The van der Waals surface area contributed by atoms with Gasteiger partial charge in [-0.05, 0) is 73.7 Å². The molecule has 2 aromatic carbocycles. The Labute approximate surface area is 165 Å². The standard InChI is InChI=1S/C23H26FNO3/c1-15-4-9-19(17-5-7-18(24)8-6-17)16(2)21(15)20(14-26)22(27)23(25-3)10-12-28-13-11-23/h4-9,14,25,27H,10-13H2,1-3H3/b22-20-. The molecule has 0 atom stereocenters. The second-order valence-electron chi connectivity index (χ2n) is 7.26. The number of ether oxygens (including phenoxy) is 1. The lowest BCUT2D eigenvalue weighted by Gasteiger charge is -2.37. The third-order valence-electron chi connectivity index (χ3n) is 5.75. The SMILES string of the molecule is CNC1(/C(O)=C(\C=O)c2c(C)ccc(-c3ccc(F)cc3)c2C)CCOCC1. The third-order valence-corrected chi connectivity index (χ3v) is 5.75. The van der Waals surface area contributed by atoms with Crippen LogP contribution >= 0.6 is 0 Å². The van der Waals surface area contributed by atoms with Crippen molar-refractivity contribution in [3.05, 3.63) is 64.7 Å². The number of aliphatic hydroxyl groups excluding tert-OH is 1. The van der Waals surface area contributed by atoms with E-state index in [1.165, 1.54) is 12.1 Å². The molecule has 0 saturated carbocycles. The fourth-order valence-corrected chi connectivity index (χ4v) is 4.02. The van der Waals surface area contributed by atoms with Crippen molar-refractivity contribution in [1.82, 2.24) is 5.32 Å². The molecule has 4 nitrogen and oxygen atoms in total. The molecule has 0 aromatic heterocycles. The van der Waals surface area contributed by atoms with Crippen LogP contribution in [-0.2, 0) is 9.53 Å². The molecule has 5 heteroatoms. The van der Waals surface area contributed by atoms with E-state index in [0.717, 1.165) is 34.1 Å². The molecule has 1 aliphatic heterocycles. The molecule has 28 heavy (non-hydrogen) atoms. The molecule has 148 valence electrons. The van der Waals surface area contributed by atoms with Gasteiger partial charge in [-0.1, -0.05) is 24.3 Å². The number of benzene rings is 2. The smallest absolute Gasteiger partial charge is 0.154 e. The van der Waals surface area contributed by atoms with Gasteiger partial charge < -0.3 is 15.2 Å². The van der Waals surface area contributed by atoms with E-state index in [1.54, 1.807) is 19.2 Å². The van der Waals surface area contributed by atoms with Crippen molar-refractivity contribution in [2.24, 2.45) is 0 Å². The summed E-state index contributed by atoms with van der Waals surface area (Å²) < 4.78 is 18.8. The molecule has 3 rings (SSSR count). The maximum Gasteiger partial charge on any atom is 0.154 e. The number of likely N-dealkylation sites (N-methyl/N-ethyl adjacent to an activating group) is 1. The average molecular weight is 383 g/mol. The van der Waals surface area contributed by atoms with Gasteiger partial charge in [0.15, 0.2) is 6.29 Å². The zero-order chi connectivity index (χ0) is 20.3. The summed E-state index contributed by atoms with van der Waals surface area (Å²) in [5.74, 6) is -0.244. The number of nitrogens with one attached hydrogen (secondary N) is 1. The van der Waals surface area contributed by atoms with Crippen LogP contribution in [0.1, 0.15) is 29.5 Å². The summed E-state index contributed by atoms with van der Waals surface area (Å²) in [6.45, 7) is 4.88. The van der Waals surface area contributed by atoms with Crippen molar-refractivity contribution in [2.75, 3.05) is 20.3 Å². The predicted octanol–water partition coefficient (Wildman–Crippen LogP) is 4.35. The highest BCUT2D eigenvalue weighted by atomic mass is 19.1. The summed E-state index contributed by atoms with van der Waals surface area (Å²) in [6, 6.07) is 10.2. The zero-order valence-electron chi connectivity index (χ0n) is 16.5. The molecule has 0 spiro atoms. The second-order valence-corrected chi connectivity index (χ2v) is 7.26. The van der Waals surface area contributed by atoms with E-state index in [4.69, 9.17) is 4.74 Å². The fraction of sp³-hybridized carbons (Fsp3) is 0.348. The minimum absolute atomic E-state index is 0.0516. The first kappa shape index (κ1) is 20.2. The van der Waals surface area contributed by atoms with Gasteiger partial charge in [0.1, 0.15) is 11.6 Å². The Bertz CT molecular complexity index is 897. The highest BCUT2D eigenvalue weighted by Gasteiger charge is 2.37. The first-order chi connectivity index (χ1) is 13.4. The number of halogens is 1. The first-order valence-corrected chi connectivity index (χ1v) is 9.45. The van der Waals surface area contributed by atoms with Gasteiger partial charge in [-0.3, -0.25) is 4.79 Å². The number of carbonyl (C=O) groups excluding carboxylic acids is 1. The molecular formula is C23H26FNO3. The summed E-state index contributed by atoms with van der Waals surface area (Å²) >= 11 is 0. The largest absolute Gasteiger partial charge is 0.510 e. The maximum absolute atomic E-state index is 13.3. The van der Waals surface area contributed by atoms with E-state index < -0.39 is 5.54 Å². The minimum Gasteiger partial charge on any atom is -0.510 e. The summed E-state index contributed by atoms with van der Waals surface area (Å²) in [6.07, 6.45) is 1.90. The van der Waals surface area contributed by atoms with Crippen LogP contribution in [0, 0.1) is 19.7 Å². The quantitative estimate of drug-likeness (QED) is 0.458. The van der Waals surface area contributed by atoms with Crippen molar-refractivity contribution < 1.29 is 19.0 Å². The maximum atomic E-state index is 13.3. The van der Waals surface area contributed by atoms with Gasteiger partial charge in [0.2, 0.25) is 0 Å². The Morgan fingerprint density at radius 3 is 2.36 bits per heavy atom. The van der Waals surface area contributed by atoms with Gasteiger partial charge in [0.25, 0.3) is 0 Å². The van der Waals surface area contributed by atoms with E-state index >= 15 is 0 Å². The number of hydrogen-bond donors (Lipinski definition) is 2. The van der Waals surface area contributed by atoms with Crippen molar-refractivity contribution in [1.29, 1.82) is 0 Å². The lowest BCUT2D eigenvalue weighted by Crippen LogP contribution is -2.49. The number of aliphatic hydroxyl groups is 1. The lowest BCUT2D eigenvalue weighted by molar-refractivity contribution is -0.103. The molecule has 1 heterocycles. The van der Waals surface area contributed by atoms with Crippen molar-refractivity contribution >= 4 is 11.9 Å². The summed E-state index contributed by atoms with van der Waals surface area (Å²) in [7, 11) is 1.79. The molecule has 1 aliphatic rings. The van der Waals surface area contributed by atoms with Gasteiger partial charge in [0.05, 0.1) is 11.1 Å². The van der Waals surface area contributed by atoms with Crippen LogP contribution in [0.25, 0.3) is 16.7 Å². The van der Waals surface area contributed by atoms with Gasteiger partial charge in [-0.2, -0.15) is 0 Å². The number of aryl methyl sites for hydroxylation is 1. The second kappa shape index (κ2) is 8.25. The number of hydrogen-bond acceptors (Lipinski definition) is 4. The van der Waals surface area contributed by atoms with E-state index in [9.17, 15) is 14.3 Å². The molecule has 1 saturated heterocycles. The molecule has 2 N–H and O–H groups in total. The van der Waals surface area contributed by atoms with Crippen LogP contribution in [0.3, 0.4) is 0 Å². The fourth-order valence-electron chi connectivity index (χ4n) is 4.02. The van der Waals surface area contributed by atoms with Crippen LogP contribution in [0.4, 0.5) is 4.39 Å². The molecule has 0 aliphatic carbocycles. The molecule has 0 unspecified atom stereocenters. The van der Waals surface area contributed by atoms with Crippen LogP contribution in [0.15, 0.2) is 42.2 Å². The molecule has 2 aromatic rings. The number of aldehydes is 1. The number of allylic oxidation sites excluding steroid dienone is 1. The number of carbonyl (C=O) groups is 1. The summed E-state index contributed by atoms with van der Waals surface area (Å²) in [5.41, 5.74) is 3.86. The third kappa shape index (κ3) is 3.60. The minimum atomic E-state index is -0.681. The monoisotopic (exact) mass is 383 g/mol. The summed E-state index contributed by atoms with van der Waals surface area (Å²) in [5, 5.41) is 14.4. The Balaban J connectivity index is 2.18. The van der Waals surface area contributed by atoms with Gasteiger partial charge >= 0.3 is 0 Å². The van der Waals surface area contributed by atoms with E-state index in [2.05, 4.69) is 5.32 Å². The summed E-state index contributed by atoms with van der Waals surface area (Å²) in [4.78, 5) is 12.1. The van der Waals surface area contributed by atoms with Gasteiger partial charge in [-0.25, -0.2) is 4.39 Å². The first-order valence-electron chi connectivity index (χ1n) is 9.45. The topological polar surface area (TPSA) is 58.6 Å². The Hall–Kier alpha value is -2.50. The van der Waals surface area contributed by atoms with Crippen LogP contribution in [-0.4, -0.2) is 37.2 Å². The average Bonchev–Trinajstić information content (AvgIpc) is 2.72. The molecule has 0 radical (unpaired) electrons. The Morgan fingerprint density at radius 2 is 1.79 bits per heavy atom. The Kier molecular flexibility index (Phi) is 5.96. The molecular weight excluding hydrogens is 357 g/mol. The van der Waals surface area contributed by atoms with Crippen LogP contribution in [0.5, 0.6) is 0 Å². The molecule has 0 amide bonds. The normalized spacial score (nSPS) is 17.1. The van der Waals surface area contributed by atoms with E-state index in [1.807, 2.05) is 26.0 Å². The molecule has 0 bridgehead atoms. The van der Waals surface area contributed by atoms with Gasteiger partial charge in [0, 0.05) is 13.2 Å². The van der Waals surface area contributed by atoms with Crippen molar-refractivity contribution in [3.8, 4) is 11.1 Å². The van der Waals surface area contributed by atoms with Crippen molar-refractivity contribution in [2.45, 2.75) is 32.2 Å². The zero-order valence-corrected chi connectivity index (χ0v) is 16.5. The lowest BCUT2D eigenvalue weighted by atomic mass is 9.82. The van der Waals surface area contributed by atoms with E-state index in [0.29, 0.717) is 26.1 Å². The number of rotatable bonds is 5. The van der Waals surface area contributed by atoms with Crippen molar-refractivity contribution in [3.63, 3.8) is 0 Å². The van der Waals surface area contributed by atoms with Crippen LogP contribution < -0.4 is 5.32 Å². The van der Waals surface area contributed by atoms with E-state index in [-0.39, 0.29) is 17.1 Å². The Morgan fingerprint density at radius 1 is 1.14 bits per heavy atom. The molecule has 1 fully saturated rings. The highest BCUT2D eigenvalue weighted by Crippen LogP contribution is 2.36.